The van der Waals surface area contributed by atoms with Crippen molar-refractivity contribution in [2.75, 3.05) is 13.7 Å². The number of carboxylic acids is 1. The lowest BCUT2D eigenvalue weighted by Gasteiger charge is -2.15. The first kappa shape index (κ1) is 23.2. The lowest BCUT2D eigenvalue weighted by atomic mass is 10.1. The Morgan fingerprint density at radius 2 is 1.84 bits per heavy atom. The molecule has 1 atom stereocenters. The second-order valence-electron chi connectivity index (χ2n) is 7.68. The predicted octanol–water partition coefficient (Wildman–Crippen LogP) is 4.71. The number of nitrogens with zero attached hydrogens (tertiary/aromatic N) is 1. The number of hydrogen-bond acceptors (Lipinski definition) is 3. The molecule has 0 radical (unpaired) electrons. The summed E-state index contributed by atoms with van der Waals surface area (Å²) >= 11 is 0. The molecule has 0 spiro atoms. The summed E-state index contributed by atoms with van der Waals surface area (Å²) in [5, 5.41) is 12.6. The number of alkyl halides is 3. The van der Waals surface area contributed by atoms with Crippen molar-refractivity contribution < 1.29 is 32.6 Å². The summed E-state index contributed by atoms with van der Waals surface area (Å²) in [6.07, 6.45) is -3.40. The normalized spacial score (nSPS) is 12.5. The third-order valence-electron chi connectivity index (χ3n) is 5.10. The Morgan fingerprint density at radius 3 is 2.50 bits per heavy atom. The van der Waals surface area contributed by atoms with Gasteiger partial charge in [-0.25, -0.2) is 4.79 Å². The summed E-state index contributed by atoms with van der Waals surface area (Å²) in [5.41, 5.74) is 1.96. The fourth-order valence-electron chi connectivity index (χ4n) is 3.49. The fraction of sp³-hybridized carbons (Fsp3) is 0.304. The Morgan fingerprint density at radius 1 is 1.12 bits per heavy atom. The fourth-order valence-corrected chi connectivity index (χ4v) is 3.49. The molecule has 0 aliphatic rings. The number of carbonyl (C=O) groups is 2. The molecular formula is C23H23F3N2O4. The van der Waals surface area contributed by atoms with E-state index in [1.165, 1.54) is 26.2 Å². The first-order valence-electron chi connectivity index (χ1n) is 9.91. The van der Waals surface area contributed by atoms with Gasteiger partial charge >= 0.3 is 12.1 Å². The molecule has 1 aromatic heterocycles. The van der Waals surface area contributed by atoms with Gasteiger partial charge in [-0.15, -0.1) is 0 Å². The highest BCUT2D eigenvalue weighted by molar-refractivity contribution is 5.98. The summed E-state index contributed by atoms with van der Waals surface area (Å²) < 4.78 is 44.6. The van der Waals surface area contributed by atoms with Gasteiger partial charge in [-0.2, -0.15) is 13.2 Å². The number of rotatable bonds is 8. The summed E-state index contributed by atoms with van der Waals surface area (Å²) in [6.45, 7) is 1.73. The van der Waals surface area contributed by atoms with Gasteiger partial charge in [0.2, 0.25) is 0 Å². The van der Waals surface area contributed by atoms with Crippen LogP contribution in [0.1, 0.15) is 39.6 Å². The molecule has 1 heterocycles. The third kappa shape index (κ3) is 5.60. The molecule has 0 saturated carbocycles. The number of aromatic nitrogens is 1. The molecule has 2 aromatic carbocycles. The van der Waals surface area contributed by atoms with Crippen LogP contribution >= 0.6 is 0 Å². The number of halogens is 3. The average molecular weight is 448 g/mol. The highest BCUT2D eigenvalue weighted by Gasteiger charge is 2.30. The standard InChI is InChI=1S/C23H23F3N2O4/c1-14(11-23(24,25)26)12-27-21(29)16-4-3-15-7-8-28(19(15)9-16)13-18-6-5-17(22(30)31)10-20(18)32-2/h3-10,14H,11-13H2,1-2H3,(H,27,29)(H,30,31). The molecule has 0 fully saturated rings. The minimum Gasteiger partial charge on any atom is -0.496 e. The van der Waals surface area contributed by atoms with Gasteiger partial charge in [-0.05, 0) is 41.6 Å². The molecule has 9 heteroatoms. The van der Waals surface area contributed by atoms with Gasteiger partial charge in [0.05, 0.1) is 19.2 Å². The van der Waals surface area contributed by atoms with Crippen LogP contribution in [-0.4, -0.2) is 41.4 Å². The molecule has 170 valence electrons. The van der Waals surface area contributed by atoms with Crippen LogP contribution in [0.2, 0.25) is 0 Å². The number of amides is 1. The first-order valence-corrected chi connectivity index (χ1v) is 9.91. The van der Waals surface area contributed by atoms with Crippen molar-refractivity contribution in [2.45, 2.75) is 26.1 Å². The topological polar surface area (TPSA) is 80.6 Å². The lowest BCUT2D eigenvalue weighted by molar-refractivity contribution is -0.142. The van der Waals surface area contributed by atoms with Crippen LogP contribution in [0.5, 0.6) is 5.75 Å². The number of methoxy groups -OCH3 is 1. The zero-order valence-corrected chi connectivity index (χ0v) is 17.6. The van der Waals surface area contributed by atoms with Gasteiger partial charge in [0.25, 0.3) is 5.91 Å². The highest BCUT2D eigenvalue weighted by atomic mass is 19.4. The van der Waals surface area contributed by atoms with Crippen LogP contribution in [0, 0.1) is 5.92 Å². The zero-order valence-electron chi connectivity index (χ0n) is 17.6. The maximum Gasteiger partial charge on any atom is 0.389 e. The van der Waals surface area contributed by atoms with Crippen molar-refractivity contribution in [3.05, 3.63) is 65.4 Å². The van der Waals surface area contributed by atoms with Crippen molar-refractivity contribution in [3.63, 3.8) is 0 Å². The SMILES string of the molecule is COc1cc(C(=O)O)ccc1Cn1ccc2ccc(C(=O)NCC(C)CC(F)(F)F)cc21. The molecule has 2 N–H and O–H groups in total. The summed E-state index contributed by atoms with van der Waals surface area (Å²) in [7, 11) is 1.46. The Kier molecular flexibility index (Phi) is 6.76. The monoisotopic (exact) mass is 448 g/mol. The smallest absolute Gasteiger partial charge is 0.389 e. The van der Waals surface area contributed by atoms with Crippen molar-refractivity contribution in [1.29, 1.82) is 0 Å². The van der Waals surface area contributed by atoms with E-state index in [9.17, 15) is 22.8 Å². The number of nitrogens with one attached hydrogen (secondary N) is 1. The third-order valence-corrected chi connectivity index (χ3v) is 5.10. The van der Waals surface area contributed by atoms with Crippen LogP contribution in [0.4, 0.5) is 13.2 Å². The molecule has 0 aliphatic carbocycles. The molecule has 0 bridgehead atoms. The number of benzene rings is 2. The Bertz CT molecular complexity index is 1140. The van der Waals surface area contributed by atoms with Crippen LogP contribution < -0.4 is 10.1 Å². The van der Waals surface area contributed by atoms with Crippen molar-refractivity contribution in [1.82, 2.24) is 9.88 Å². The minimum atomic E-state index is -4.27. The van der Waals surface area contributed by atoms with E-state index in [1.54, 1.807) is 24.3 Å². The average Bonchev–Trinajstić information content (AvgIpc) is 3.13. The summed E-state index contributed by atoms with van der Waals surface area (Å²) in [6, 6.07) is 11.6. The van der Waals surface area contributed by atoms with Crippen molar-refractivity contribution in [3.8, 4) is 5.75 Å². The molecule has 32 heavy (non-hydrogen) atoms. The van der Waals surface area contributed by atoms with E-state index < -0.39 is 30.4 Å². The second-order valence-corrected chi connectivity index (χ2v) is 7.68. The van der Waals surface area contributed by atoms with E-state index in [4.69, 9.17) is 9.84 Å². The maximum absolute atomic E-state index is 12.5. The van der Waals surface area contributed by atoms with Crippen molar-refractivity contribution >= 4 is 22.8 Å². The van der Waals surface area contributed by atoms with Gasteiger partial charge in [0.1, 0.15) is 5.75 Å². The van der Waals surface area contributed by atoms with E-state index >= 15 is 0 Å². The van der Waals surface area contributed by atoms with Gasteiger partial charge in [0.15, 0.2) is 0 Å². The Balaban J connectivity index is 1.79. The minimum absolute atomic E-state index is 0.0789. The van der Waals surface area contributed by atoms with Crippen LogP contribution in [0.25, 0.3) is 10.9 Å². The summed E-state index contributed by atoms with van der Waals surface area (Å²) in [5.74, 6) is -1.80. The number of carboxylic acid groups (broad SMARTS) is 1. The van der Waals surface area contributed by atoms with E-state index in [0.29, 0.717) is 17.9 Å². The molecule has 6 nitrogen and oxygen atoms in total. The highest BCUT2D eigenvalue weighted by Crippen LogP contribution is 2.26. The van der Waals surface area contributed by atoms with Gasteiger partial charge in [0, 0.05) is 35.8 Å². The molecule has 3 rings (SSSR count). The molecule has 0 aliphatic heterocycles. The Labute approximate surface area is 182 Å². The first-order chi connectivity index (χ1) is 15.1. The van der Waals surface area contributed by atoms with Gasteiger partial charge in [-0.1, -0.05) is 19.1 Å². The van der Waals surface area contributed by atoms with Crippen LogP contribution in [0.3, 0.4) is 0 Å². The number of aromatic carboxylic acids is 1. The quantitative estimate of drug-likeness (QED) is 0.523. The summed E-state index contributed by atoms with van der Waals surface area (Å²) in [4.78, 5) is 23.7. The zero-order chi connectivity index (χ0) is 23.5. The van der Waals surface area contributed by atoms with Gasteiger partial charge in [-0.3, -0.25) is 4.79 Å². The molecule has 0 saturated heterocycles. The maximum atomic E-state index is 12.5. The van der Waals surface area contributed by atoms with E-state index in [1.807, 2.05) is 16.8 Å². The number of carbonyl (C=O) groups excluding carboxylic acids is 1. The molecule has 1 amide bonds. The van der Waals surface area contributed by atoms with Crippen LogP contribution in [0.15, 0.2) is 48.7 Å². The molecule has 1 unspecified atom stereocenters. The van der Waals surface area contributed by atoms with Crippen LogP contribution in [-0.2, 0) is 6.54 Å². The largest absolute Gasteiger partial charge is 0.496 e. The lowest BCUT2D eigenvalue weighted by Crippen LogP contribution is -2.30. The number of hydrogen-bond donors (Lipinski definition) is 2. The number of fused-ring (bicyclic) bond motifs is 1. The molecular weight excluding hydrogens is 425 g/mol. The van der Waals surface area contributed by atoms with E-state index in [0.717, 1.165) is 16.5 Å². The van der Waals surface area contributed by atoms with Crippen molar-refractivity contribution in [2.24, 2.45) is 5.92 Å². The predicted molar refractivity (Wildman–Crippen MR) is 113 cm³/mol. The Hall–Kier alpha value is -3.49. The van der Waals surface area contributed by atoms with E-state index in [2.05, 4.69) is 5.32 Å². The number of ether oxygens (including phenoxy) is 1. The molecule has 3 aromatic rings. The second kappa shape index (κ2) is 9.33. The van der Waals surface area contributed by atoms with E-state index in [-0.39, 0.29) is 12.1 Å². The van der Waals surface area contributed by atoms with Gasteiger partial charge < -0.3 is 19.7 Å².